The lowest BCUT2D eigenvalue weighted by atomic mass is 10.1. The average Bonchev–Trinajstić information content (AvgIpc) is 2.68. The minimum Gasteiger partial charge on any atom is -0.424 e. The molecular weight excluding hydrogens is 406 g/mol. The van der Waals surface area contributed by atoms with Gasteiger partial charge in [0.15, 0.2) is 5.82 Å². The first kappa shape index (κ1) is 21.4. The van der Waals surface area contributed by atoms with Gasteiger partial charge in [-0.1, -0.05) is 18.2 Å². The molecule has 0 amide bonds. The standard InChI is InChI=1S/C20H23N5O4S/c1-6-30(27,28)24-19-21-17(15-10-14(4)18(26)25(5)11-15)22-20(23-19)29-16-12(2)8-7-9-13(16)3/h7-11H,6H2,1-5H3,(H,21,22,23,24). The van der Waals surface area contributed by atoms with E-state index in [1.807, 2.05) is 32.0 Å². The highest BCUT2D eigenvalue weighted by molar-refractivity contribution is 7.92. The van der Waals surface area contributed by atoms with E-state index in [0.29, 0.717) is 16.9 Å². The predicted octanol–water partition coefficient (Wildman–Crippen LogP) is 2.72. The number of pyridine rings is 1. The van der Waals surface area contributed by atoms with Crippen LogP contribution in [0.15, 0.2) is 35.3 Å². The fraction of sp³-hybridized carbons (Fsp3) is 0.300. The van der Waals surface area contributed by atoms with E-state index in [2.05, 4.69) is 19.7 Å². The molecule has 0 aliphatic rings. The van der Waals surface area contributed by atoms with E-state index in [-0.39, 0.29) is 29.1 Å². The highest BCUT2D eigenvalue weighted by atomic mass is 32.2. The normalized spacial score (nSPS) is 11.4. The average molecular weight is 430 g/mol. The minimum atomic E-state index is -3.61. The quantitative estimate of drug-likeness (QED) is 0.640. The maximum atomic E-state index is 12.0. The minimum absolute atomic E-state index is 0.0577. The van der Waals surface area contributed by atoms with Crippen LogP contribution in [0.3, 0.4) is 0 Å². The van der Waals surface area contributed by atoms with Gasteiger partial charge < -0.3 is 9.30 Å². The molecule has 0 aliphatic heterocycles. The van der Waals surface area contributed by atoms with Crippen molar-refractivity contribution in [3.63, 3.8) is 0 Å². The van der Waals surface area contributed by atoms with Crippen LogP contribution in [0.4, 0.5) is 5.95 Å². The first-order chi connectivity index (χ1) is 14.1. The number of aryl methyl sites for hydroxylation is 4. The molecule has 2 aromatic heterocycles. The molecular formula is C20H23N5O4S. The number of ether oxygens (including phenoxy) is 1. The summed E-state index contributed by atoms with van der Waals surface area (Å²) in [4.78, 5) is 24.7. The molecule has 1 N–H and O–H groups in total. The fourth-order valence-corrected chi connectivity index (χ4v) is 3.35. The first-order valence-electron chi connectivity index (χ1n) is 9.28. The van der Waals surface area contributed by atoms with Gasteiger partial charge in [0.25, 0.3) is 5.56 Å². The zero-order chi connectivity index (χ0) is 22.1. The molecule has 0 saturated carbocycles. The summed E-state index contributed by atoms with van der Waals surface area (Å²) in [5.74, 6) is 0.462. The summed E-state index contributed by atoms with van der Waals surface area (Å²) in [6, 6.07) is 7.27. The maximum Gasteiger partial charge on any atom is 0.327 e. The van der Waals surface area contributed by atoms with Crippen molar-refractivity contribution in [1.29, 1.82) is 0 Å². The Labute approximate surface area is 174 Å². The van der Waals surface area contributed by atoms with E-state index < -0.39 is 10.0 Å². The lowest BCUT2D eigenvalue weighted by Gasteiger charge is -2.13. The molecule has 158 valence electrons. The van der Waals surface area contributed by atoms with E-state index in [0.717, 1.165) is 11.1 Å². The number of para-hydroxylation sites is 1. The predicted molar refractivity (Wildman–Crippen MR) is 114 cm³/mol. The van der Waals surface area contributed by atoms with Gasteiger partial charge in [0.2, 0.25) is 16.0 Å². The number of sulfonamides is 1. The second kappa shape index (κ2) is 8.23. The van der Waals surface area contributed by atoms with Crippen LogP contribution in [0, 0.1) is 20.8 Å². The van der Waals surface area contributed by atoms with Crippen molar-refractivity contribution in [2.45, 2.75) is 27.7 Å². The molecule has 1 aromatic carbocycles. The molecule has 2 heterocycles. The third kappa shape index (κ3) is 4.65. The second-order valence-corrected chi connectivity index (χ2v) is 8.93. The van der Waals surface area contributed by atoms with Gasteiger partial charge in [0, 0.05) is 24.4 Å². The SMILES string of the molecule is CCS(=O)(=O)Nc1nc(Oc2c(C)cccc2C)nc(-c2cc(C)c(=O)n(C)c2)n1. The van der Waals surface area contributed by atoms with E-state index in [4.69, 9.17) is 4.74 Å². The molecule has 3 aromatic rings. The van der Waals surface area contributed by atoms with Crippen LogP contribution in [0.25, 0.3) is 11.4 Å². The smallest absolute Gasteiger partial charge is 0.327 e. The fourth-order valence-electron chi connectivity index (χ4n) is 2.84. The van der Waals surface area contributed by atoms with Gasteiger partial charge >= 0.3 is 6.01 Å². The zero-order valence-electron chi connectivity index (χ0n) is 17.4. The van der Waals surface area contributed by atoms with Crippen molar-refractivity contribution in [2.24, 2.45) is 7.05 Å². The Morgan fingerprint density at radius 3 is 2.33 bits per heavy atom. The van der Waals surface area contributed by atoms with Crippen molar-refractivity contribution in [3.8, 4) is 23.1 Å². The number of hydrogen-bond donors (Lipinski definition) is 1. The Hall–Kier alpha value is -3.27. The number of benzene rings is 1. The molecule has 30 heavy (non-hydrogen) atoms. The Morgan fingerprint density at radius 1 is 1.07 bits per heavy atom. The largest absolute Gasteiger partial charge is 0.424 e. The van der Waals surface area contributed by atoms with Crippen molar-refractivity contribution in [2.75, 3.05) is 10.5 Å². The van der Waals surface area contributed by atoms with E-state index in [1.165, 1.54) is 11.5 Å². The zero-order valence-corrected chi connectivity index (χ0v) is 18.2. The van der Waals surface area contributed by atoms with Crippen molar-refractivity contribution >= 4 is 16.0 Å². The van der Waals surface area contributed by atoms with Crippen LogP contribution in [-0.2, 0) is 17.1 Å². The molecule has 0 bridgehead atoms. The van der Waals surface area contributed by atoms with Crippen molar-refractivity contribution in [1.82, 2.24) is 19.5 Å². The van der Waals surface area contributed by atoms with Gasteiger partial charge in [-0.15, -0.1) is 0 Å². The van der Waals surface area contributed by atoms with Gasteiger partial charge in [-0.3, -0.25) is 9.52 Å². The van der Waals surface area contributed by atoms with Crippen molar-refractivity contribution in [3.05, 3.63) is 57.5 Å². The molecule has 9 nitrogen and oxygen atoms in total. The molecule has 3 rings (SSSR count). The highest BCUT2D eigenvalue weighted by Crippen LogP contribution is 2.28. The highest BCUT2D eigenvalue weighted by Gasteiger charge is 2.17. The monoisotopic (exact) mass is 429 g/mol. The van der Waals surface area contributed by atoms with Gasteiger partial charge in [-0.2, -0.15) is 15.0 Å². The molecule has 0 radical (unpaired) electrons. The molecule has 0 aliphatic carbocycles. The topological polar surface area (TPSA) is 116 Å². The number of aromatic nitrogens is 4. The third-order valence-corrected chi connectivity index (χ3v) is 5.72. The number of nitrogens with one attached hydrogen (secondary N) is 1. The first-order valence-corrected chi connectivity index (χ1v) is 10.9. The van der Waals surface area contributed by atoms with Crippen molar-refractivity contribution < 1.29 is 13.2 Å². The van der Waals surface area contributed by atoms with Crippen LogP contribution >= 0.6 is 0 Å². The molecule has 10 heteroatoms. The molecule has 0 unspecified atom stereocenters. The van der Waals surface area contributed by atoms with Crippen LogP contribution < -0.4 is 15.0 Å². The summed E-state index contributed by atoms with van der Waals surface area (Å²) in [6.07, 6.45) is 1.57. The molecule has 0 fully saturated rings. The maximum absolute atomic E-state index is 12.0. The lowest BCUT2D eigenvalue weighted by Crippen LogP contribution is -2.19. The van der Waals surface area contributed by atoms with Crippen LogP contribution in [0.1, 0.15) is 23.6 Å². The number of anilines is 1. The van der Waals surface area contributed by atoms with Gasteiger partial charge in [0.05, 0.1) is 5.75 Å². The van der Waals surface area contributed by atoms with Gasteiger partial charge in [-0.05, 0) is 44.9 Å². The summed E-state index contributed by atoms with van der Waals surface area (Å²) in [5.41, 5.74) is 2.64. The summed E-state index contributed by atoms with van der Waals surface area (Å²) >= 11 is 0. The summed E-state index contributed by atoms with van der Waals surface area (Å²) < 4.78 is 33.8. The molecule has 0 saturated heterocycles. The number of rotatable bonds is 6. The van der Waals surface area contributed by atoms with Crippen LogP contribution in [0.5, 0.6) is 11.8 Å². The Balaban J connectivity index is 2.15. The van der Waals surface area contributed by atoms with E-state index >= 15 is 0 Å². The Bertz CT molecular complexity index is 1220. The molecule has 0 spiro atoms. The summed E-state index contributed by atoms with van der Waals surface area (Å²) in [5, 5.41) is 0. The molecule has 0 atom stereocenters. The summed E-state index contributed by atoms with van der Waals surface area (Å²) in [6.45, 7) is 6.97. The van der Waals surface area contributed by atoms with Crippen LogP contribution in [-0.4, -0.2) is 33.7 Å². The Kier molecular flexibility index (Phi) is 5.88. The van der Waals surface area contributed by atoms with Gasteiger partial charge in [-0.25, -0.2) is 8.42 Å². The van der Waals surface area contributed by atoms with Gasteiger partial charge in [0.1, 0.15) is 5.75 Å². The lowest BCUT2D eigenvalue weighted by molar-refractivity contribution is 0.435. The van der Waals surface area contributed by atoms with E-state index in [9.17, 15) is 13.2 Å². The second-order valence-electron chi connectivity index (χ2n) is 6.92. The van der Waals surface area contributed by atoms with Crippen LogP contribution in [0.2, 0.25) is 0 Å². The number of hydrogen-bond acceptors (Lipinski definition) is 7. The summed E-state index contributed by atoms with van der Waals surface area (Å²) in [7, 11) is -1.99. The third-order valence-electron chi connectivity index (χ3n) is 4.46. The van der Waals surface area contributed by atoms with E-state index in [1.54, 1.807) is 26.2 Å². The Morgan fingerprint density at radius 2 is 1.73 bits per heavy atom. The number of nitrogens with zero attached hydrogens (tertiary/aromatic N) is 4.